The maximum Gasteiger partial charge on any atom is 0.310 e. The van der Waals surface area contributed by atoms with Crippen molar-refractivity contribution in [3.05, 3.63) is 58.6 Å². The molecule has 0 aromatic heterocycles. The highest BCUT2D eigenvalue weighted by Gasteiger charge is 2.21. The predicted octanol–water partition coefficient (Wildman–Crippen LogP) is 4.18. The van der Waals surface area contributed by atoms with Crippen molar-refractivity contribution in [3.8, 4) is 11.5 Å². The van der Waals surface area contributed by atoms with Crippen molar-refractivity contribution >= 4 is 17.3 Å². The number of nitrogens with one attached hydrogen (secondary N) is 1. The number of benzene rings is 2. The van der Waals surface area contributed by atoms with E-state index in [4.69, 9.17) is 9.47 Å². The molecule has 0 aliphatic heterocycles. The van der Waals surface area contributed by atoms with Crippen LogP contribution < -0.4 is 14.8 Å². The largest absolute Gasteiger partial charge is 0.491 e. The van der Waals surface area contributed by atoms with Crippen molar-refractivity contribution in [1.29, 1.82) is 0 Å². The molecule has 0 radical (unpaired) electrons. The maximum atomic E-state index is 12.4. The van der Waals surface area contributed by atoms with Crippen LogP contribution in [0.25, 0.3) is 0 Å². The van der Waals surface area contributed by atoms with Crippen LogP contribution >= 0.6 is 0 Å². The summed E-state index contributed by atoms with van der Waals surface area (Å²) in [5.74, 6) is 0.203. The van der Waals surface area contributed by atoms with Gasteiger partial charge in [-0.05, 0) is 31.5 Å². The van der Waals surface area contributed by atoms with E-state index >= 15 is 0 Å². The third-order valence-corrected chi connectivity index (χ3v) is 3.64. The molecule has 0 saturated heterocycles. The number of amides is 1. The van der Waals surface area contributed by atoms with Gasteiger partial charge in [-0.1, -0.05) is 37.6 Å². The third kappa shape index (κ3) is 5.20. The van der Waals surface area contributed by atoms with E-state index in [1.807, 2.05) is 6.07 Å². The summed E-state index contributed by atoms with van der Waals surface area (Å²) in [5.41, 5.74) is 0.349. The number of hydrogen-bond acceptors (Lipinski definition) is 5. The molecule has 2 rings (SSSR count). The summed E-state index contributed by atoms with van der Waals surface area (Å²) in [5, 5.41) is 13.8. The van der Waals surface area contributed by atoms with Gasteiger partial charge in [0.05, 0.1) is 17.2 Å². The van der Waals surface area contributed by atoms with Crippen LogP contribution in [-0.4, -0.2) is 23.5 Å². The Labute approximate surface area is 152 Å². The number of hydrogen-bond donors (Lipinski definition) is 1. The topological polar surface area (TPSA) is 90.7 Å². The van der Waals surface area contributed by atoms with Gasteiger partial charge >= 0.3 is 5.69 Å². The zero-order valence-electron chi connectivity index (χ0n) is 14.8. The van der Waals surface area contributed by atoms with Gasteiger partial charge in [-0.25, -0.2) is 0 Å². The minimum absolute atomic E-state index is 0.0487. The van der Waals surface area contributed by atoms with E-state index in [1.165, 1.54) is 19.1 Å². The molecule has 1 N–H and O–H groups in total. The minimum Gasteiger partial charge on any atom is -0.491 e. The smallest absolute Gasteiger partial charge is 0.310 e. The Balaban J connectivity index is 2.05. The predicted molar refractivity (Wildman–Crippen MR) is 98.7 cm³/mol. The monoisotopic (exact) mass is 358 g/mol. The molecule has 0 heterocycles. The zero-order chi connectivity index (χ0) is 18.9. The summed E-state index contributed by atoms with van der Waals surface area (Å²) in [6.45, 7) is 4.16. The standard InChI is InChI=1S/C19H22N2O5/c1-3-4-13-25-17-11-7-5-9-15(17)20-19(22)14(2)26-18-12-8-6-10-16(18)21(23)24/h5-12,14H,3-4,13H2,1-2H3,(H,20,22). The molecule has 0 bridgehead atoms. The number of nitro benzene ring substituents is 1. The molecule has 138 valence electrons. The first-order valence-corrected chi connectivity index (χ1v) is 8.45. The lowest BCUT2D eigenvalue weighted by Crippen LogP contribution is -2.30. The van der Waals surface area contributed by atoms with Gasteiger partial charge in [0.15, 0.2) is 11.9 Å². The van der Waals surface area contributed by atoms with Crippen LogP contribution in [0.4, 0.5) is 11.4 Å². The number of nitro groups is 1. The molecular formula is C19H22N2O5. The first-order chi connectivity index (χ1) is 12.5. The highest BCUT2D eigenvalue weighted by atomic mass is 16.6. The number of nitrogens with zero attached hydrogens (tertiary/aromatic N) is 1. The Morgan fingerprint density at radius 3 is 2.50 bits per heavy atom. The molecular weight excluding hydrogens is 336 g/mol. The summed E-state index contributed by atoms with van der Waals surface area (Å²) in [6, 6.07) is 13.1. The maximum absolute atomic E-state index is 12.4. The van der Waals surface area contributed by atoms with Crippen molar-refractivity contribution in [2.75, 3.05) is 11.9 Å². The van der Waals surface area contributed by atoms with Gasteiger partial charge in [0.2, 0.25) is 0 Å². The molecule has 26 heavy (non-hydrogen) atoms. The molecule has 2 aromatic carbocycles. The van der Waals surface area contributed by atoms with E-state index in [1.54, 1.807) is 30.3 Å². The highest BCUT2D eigenvalue weighted by Crippen LogP contribution is 2.28. The normalized spacial score (nSPS) is 11.5. The van der Waals surface area contributed by atoms with Crippen LogP contribution in [0, 0.1) is 10.1 Å². The number of rotatable bonds is 9. The van der Waals surface area contributed by atoms with E-state index in [0.717, 1.165) is 12.8 Å². The van der Waals surface area contributed by atoms with Crippen LogP contribution in [0.3, 0.4) is 0 Å². The van der Waals surface area contributed by atoms with Gasteiger partial charge in [0, 0.05) is 6.07 Å². The van der Waals surface area contributed by atoms with Crippen molar-refractivity contribution in [2.24, 2.45) is 0 Å². The number of carbonyl (C=O) groups excluding carboxylic acids is 1. The molecule has 0 saturated carbocycles. The average Bonchev–Trinajstić information content (AvgIpc) is 2.63. The number of ether oxygens (including phenoxy) is 2. The number of unbranched alkanes of at least 4 members (excludes halogenated alkanes) is 1. The van der Waals surface area contributed by atoms with Gasteiger partial charge in [0.1, 0.15) is 5.75 Å². The second-order valence-corrected chi connectivity index (χ2v) is 5.67. The molecule has 1 unspecified atom stereocenters. The Bertz CT molecular complexity index is 763. The van der Waals surface area contributed by atoms with Gasteiger partial charge in [0.25, 0.3) is 5.91 Å². The fourth-order valence-electron chi connectivity index (χ4n) is 2.21. The van der Waals surface area contributed by atoms with E-state index in [2.05, 4.69) is 12.2 Å². The molecule has 0 aliphatic rings. The first kappa shape index (κ1) is 19.2. The molecule has 2 aromatic rings. The molecule has 1 atom stereocenters. The molecule has 0 fully saturated rings. The Morgan fingerprint density at radius 1 is 1.15 bits per heavy atom. The van der Waals surface area contributed by atoms with Crippen molar-refractivity contribution < 1.29 is 19.2 Å². The van der Waals surface area contributed by atoms with E-state index in [-0.39, 0.29) is 11.4 Å². The van der Waals surface area contributed by atoms with Gasteiger partial charge in [-0.3, -0.25) is 14.9 Å². The van der Waals surface area contributed by atoms with Gasteiger partial charge in [-0.2, -0.15) is 0 Å². The summed E-state index contributed by atoms with van der Waals surface area (Å²) < 4.78 is 11.2. The van der Waals surface area contributed by atoms with Crippen LogP contribution in [0.2, 0.25) is 0 Å². The molecule has 1 amide bonds. The lowest BCUT2D eigenvalue weighted by atomic mass is 10.2. The lowest BCUT2D eigenvalue weighted by molar-refractivity contribution is -0.386. The highest BCUT2D eigenvalue weighted by molar-refractivity contribution is 5.95. The fourth-order valence-corrected chi connectivity index (χ4v) is 2.21. The zero-order valence-corrected chi connectivity index (χ0v) is 14.8. The average molecular weight is 358 g/mol. The Morgan fingerprint density at radius 2 is 1.81 bits per heavy atom. The summed E-state index contributed by atoms with van der Waals surface area (Å²) >= 11 is 0. The summed E-state index contributed by atoms with van der Waals surface area (Å²) in [7, 11) is 0. The Kier molecular flexibility index (Phi) is 6.96. The van der Waals surface area contributed by atoms with Crippen molar-refractivity contribution in [3.63, 3.8) is 0 Å². The van der Waals surface area contributed by atoms with Crippen LogP contribution in [0.5, 0.6) is 11.5 Å². The SMILES string of the molecule is CCCCOc1ccccc1NC(=O)C(C)Oc1ccccc1[N+](=O)[O-]. The fraction of sp³-hybridized carbons (Fsp3) is 0.316. The third-order valence-electron chi connectivity index (χ3n) is 3.64. The van der Waals surface area contributed by atoms with E-state index in [0.29, 0.717) is 18.0 Å². The van der Waals surface area contributed by atoms with Gasteiger partial charge in [-0.15, -0.1) is 0 Å². The number of anilines is 1. The first-order valence-electron chi connectivity index (χ1n) is 8.45. The van der Waals surface area contributed by atoms with E-state index in [9.17, 15) is 14.9 Å². The van der Waals surface area contributed by atoms with Crippen LogP contribution in [0.1, 0.15) is 26.7 Å². The second-order valence-electron chi connectivity index (χ2n) is 5.67. The van der Waals surface area contributed by atoms with Crippen LogP contribution in [-0.2, 0) is 4.79 Å². The quantitative estimate of drug-likeness (QED) is 0.412. The molecule has 7 nitrogen and oxygen atoms in total. The number of para-hydroxylation sites is 4. The lowest BCUT2D eigenvalue weighted by Gasteiger charge is -2.16. The molecule has 0 spiro atoms. The van der Waals surface area contributed by atoms with Gasteiger partial charge < -0.3 is 14.8 Å². The van der Waals surface area contributed by atoms with Crippen molar-refractivity contribution in [1.82, 2.24) is 0 Å². The summed E-state index contributed by atoms with van der Waals surface area (Å²) in [4.78, 5) is 22.9. The number of carbonyl (C=O) groups is 1. The Hall–Kier alpha value is -3.09. The summed E-state index contributed by atoms with van der Waals surface area (Å²) in [6.07, 6.45) is 1.01. The van der Waals surface area contributed by atoms with E-state index < -0.39 is 16.9 Å². The minimum atomic E-state index is -0.917. The van der Waals surface area contributed by atoms with Crippen molar-refractivity contribution in [2.45, 2.75) is 32.8 Å². The van der Waals surface area contributed by atoms with Crippen LogP contribution in [0.15, 0.2) is 48.5 Å². The molecule has 0 aliphatic carbocycles. The molecule has 7 heteroatoms. The second kappa shape index (κ2) is 9.41.